The van der Waals surface area contributed by atoms with Gasteiger partial charge >= 0.3 is 11.9 Å². The molecule has 0 atom stereocenters. The Balaban J connectivity index is 1.45. The number of hydrogen-bond acceptors (Lipinski definition) is 7. The Kier molecular flexibility index (Phi) is 5.56. The zero-order valence-electron chi connectivity index (χ0n) is 19.4. The molecule has 188 valence electrons. The molecule has 0 amide bonds. The van der Waals surface area contributed by atoms with Gasteiger partial charge in [0.05, 0.1) is 18.9 Å². The van der Waals surface area contributed by atoms with Gasteiger partial charge in [-0.3, -0.25) is 9.97 Å². The number of nitrogens with zero attached hydrogens (tertiary/aromatic N) is 7. The number of oxazole rings is 1. The topological polar surface area (TPSA) is 104 Å². The maximum atomic E-state index is 13.1. The third kappa shape index (κ3) is 4.21. The second-order valence-electron chi connectivity index (χ2n) is 8.31. The molecule has 0 spiro atoms. The minimum absolute atomic E-state index is 0.0801. The number of aromatic nitrogens is 7. The number of fused-ring (bicyclic) bond motifs is 1. The molecule has 5 heterocycles. The predicted molar refractivity (Wildman–Crippen MR) is 130 cm³/mol. The molecule has 12 heteroatoms. The van der Waals surface area contributed by atoms with Gasteiger partial charge in [0.25, 0.3) is 0 Å². The Morgan fingerprint density at radius 1 is 0.842 bits per heavy atom. The summed E-state index contributed by atoms with van der Waals surface area (Å²) in [5.41, 5.74) is 2.85. The Labute approximate surface area is 211 Å². The summed E-state index contributed by atoms with van der Waals surface area (Å²) in [6.07, 6.45) is 4.43. The summed E-state index contributed by atoms with van der Waals surface area (Å²) in [4.78, 5) is 24.8. The molecule has 0 saturated carbocycles. The third-order valence-corrected chi connectivity index (χ3v) is 5.90. The molecule has 5 aromatic heterocycles. The summed E-state index contributed by atoms with van der Waals surface area (Å²) in [6.45, 7) is -0.0801. The van der Waals surface area contributed by atoms with Crippen molar-refractivity contribution < 1.29 is 17.6 Å². The highest BCUT2D eigenvalue weighted by atomic mass is 19.4. The fourth-order valence-electron chi connectivity index (χ4n) is 4.10. The minimum atomic E-state index is -4.55. The van der Waals surface area contributed by atoms with E-state index < -0.39 is 17.6 Å². The van der Waals surface area contributed by atoms with Gasteiger partial charge in [0.15, 0.2) is 5.65 Å². The van der Waals surface area contributed by atoms with Gasteiger partial charge < -0.3 is 4.42 Å². The van der Waals surface area contributed by atoms with Crippen LogP contribution in [0.25, 0.3) is 39.4 Å². The van der Waals surface area contributed by atoms with E-state index in [-0.39, 0.29) is 12.2 Å². The van der Waals surface area contributed by atoms with Gasteiger partial charge in [-0.1, -0.05) is 18.2 Å². The number of alkyl halides is 3. The highest BCUT2D eigenvalue weighted by Crippen LogP contribution is 2.34. The first-order valence-corrected chi connectivity index (χ1v) is 11.3. The Morgan fingerprint density at radius 2 is 1.61 bits per heavy atom. The molecule has 1 aromatic carbocycles. The number of pyridine rings is 2. The maximum Gasteiger partial charge on any atom is 0.433 e. The van der Waals surface area contributed by atoms with Crippen molar-refractivity contribution in [2.75, 3.05) is 0 Å². The molecule has 0 fully saturated rings. The Morgan fingerprint density at radius 3 is 2.26 bits per heavy atom. The molecular formula is C26H16F3N7O2. The lowest BCUT2D eigenvalue weighted by atomic mass is 9.97. The lowest BCUT2D eigenvalue weighted by molar-refractivity contribution is -0.141. The smallest absolute Gasteiger partial charge is 0.433 e. The van der Waals surface area contributed by atoms with Crippen molar-refractivity contribution in [1.29, 1.82) is 0 Å². The summed E-state index contributed by atoms with van der Waals surface area (Å²) in [6, 6.07) is 13.2. The van der Waals surface area contributed by atoms with Crippen molar-refractivity contribution in [3.63, 3.8) is 0 Å². The Hall–Kier alpha value is -5.13. The molecule has 0 radical (unpaired) electrons. The molecule has 9 nitrogen and oxygen atoms in total. The van der Waals surface area contributed by atoms with Crippen LogP contribution in [0.1, 0.15) is 11.3 Å². The summed E-state index contributed by atoms with van der Waals surface area (Å²) in [5, 5.41) is 8.84. The largest absolute Gasteiger partial charge is 0.445 e. The first-order valence-electron chi connectivity index (χ1n) is 11.3. The first kappa shape index (κ1) is 23.3. The number of halogens is 3. The highest BCUT2D eigenvalue weighted by Gasteiger charge is 2.32. The number of rotatable bonds is 5. The van der Waals surface area contributed by atoms with E-state index in [1.807, 2.05) is 24.3 Å². The van der Waals surface area contributed by atoms with Gasteiger partial charge in [-0.05, 0) is 47.0 Å². The maximum absolute atomic E-state index is 13.1. The number of benzene rings is 1. The van der Waals surface area contributed by atoms with Crippen LogP contribution >= 0.6 is 0 Å². The zero-order valence-corrected chi connectivity index (χ0v) is 19.4. The van der Waals surface area contributed by atoms with E-state index in [0.717, 1.165) is 43.7 Å². The summed E-state index contributed by atoms with van der Waals surface area (Å²) < 4.78 is 46.3. The summed E-state index contributed by atoms with van der Waals surface area (Å²) >= 11 is 0. The monoisotopic (exact) mass is 515 g/mol. The van der Waals surface area contributed by atoms with Gasteiger partial charge in [-0.15, -0.1) is 5.10 Å². The minimum Gasteiger partial charge on any atom is -0.445 e. The second kappa shape index (κ2) is 9.07. The van der Waals surface area contributed by atoms with Gasteiger partial charge in [-0.25, -0.2) is 14.5 Å². The van der Waals surface area contributed by atoms with Crippen LogP contribution < -0.4 is 5.69 Å². The van der Waals surface area contributed by atoms with Gasteiger partial charge in [0.1, 0.15) is 12.0 Å². The lowest BCUT2D eigenvalue weighted by Crippen LogP contribution is -2.23. The predicted octanol–water partition coefficient (Wildman–Crippen LogP) is 4.74. The molecule has 0 saturated heterocycles. The SMILES string of the molecule is O=c1n(Cc2ccc(C(F)(F)F)nc2)nc2c(-c3ccncc3)c(-c3ccc(-c4ncco4)cc3)cnn12. The zero-order chi connectivity index (χ0) is 26.3. The van der Waals surface area contributed by atoms with E-state index in [1.165, 1.54) is 12.3 Å². The fourth-order valence-corrected chi connectivity index (χ4v) is 4.10. The molecule has 0 N–H and O–H groups in total. The van der Waals surface area contributed by atoms with E-state index in [9.17, 15) is 18.0 Å². The normalized spacial score (nSPS) is 11.8. The molecule has 0 bridgehead atoms. The van der Waals surface area contributed by atoms with E-state index in [1.54, 1.807) is 36.9 Å². The van der Waals surface area contributed by atoms with Crippen LogP contribution in [0.15, 0.2) is 95.0 Å². The van der Waals surface area contributed by atoms with Crippen molar-refractivity contribution in [2.24, 2.45) is 0 Å². The van der Waals surface area contributed by atoms with Crippen LogP contribution in [0.3, 0.4) is 0 Å². The van der Waals surface area contributed by atoms with Gasteiger partial charge in [0.2, 0.25) is 5.89 Å². The van der Waals surface area contributed by atoms with Crippen molar-refractivity contribution in [1.82, 2.24) is 34.3 Å². The van der Waals surface area contributed by atoms with Crippen molar-refractivity contribution in [2.45, 2.75) is 12.7 Å². The molecule has 0 aliphatic carbocycles. The van der Waals surface area contributed by atoms with Crippen LogP contribution in [-0.4, -0.2) is 34.3 Å². The molecule has 0 aliphatic rings. The van der Waals surface area contributed by atoms with Crippen molar-refractivity contribution in [3.05, 3.63) is 108 Å². The average Bonchev–Trinajstić information content (AvgIpc) is 3.57. The van der Waals surface area contributed by atoms with E-state index in [2.05, 4.69) is 25.1 Å². The molecule has 0 unspecified atom stereocenters. The van der Waals surface area contributed by atoms with Crippen LogP contribution in [-0.2, 0) is 12.7 Å². The van der Waals surface area contributed by atoms with Crippen LogP contribution in [0, 0.1) is 0 Å². The molecule has 38 heavy (non-hydrogen) atoms. The standard InChI is InChI=1S/C26H16F3N7O2/c27-26(28,29)21-6-1-16(13-32-21)15-35-25(37)36-23(34-35)22(18-7-9-30-10-8-18)20(14-33-36)17-2-4-19(5-3-17)24-31-11-12-38-24/h1-14H,15H2. The van der Waals surface area contributed by atoms with Crippen LogP contribution in [0.4, 0.5) is 13.2 Å². The molecule has 6 aromatic rings. The third-order valence-electron chi connectivity index (χ3n) is 5.90. The van der Waals surface area contributed by atoms with Crippen molar-refractivity contribution >= 4 is 5.65 Å². The summed E-state index contributed by atoms with van der Waals surface area (Å²) in [7, 11) is 0. The molecule has 0 aliphatic heterocycles. The first-order chi connectivity index (χ1) is 18.4. The lowest BCUT2D eigenvalue weighted by Gasteiger charge is -2.10. The average molecular weight is 515 g/mol. The fraction of sp³-hybridized carbons (Fsp3) is 0.0769. The Bertz CT molecular complexity index is 1780. The van der Waals surface area contributed by atoms with E-state index in [4.69, 9.17) is 4.42 Å². The van der Waals surface area contributed by atoms with Crippen LogP contribution in [0.2, 0.25) is 0 Å². The quantitative estimate of drug-likeness (QED) is 0.327. The number of hydrogen-bond donors (Lipinski definition) is 0. The van der Waals surface area contributed by atoms with E-state index in [0.29, 0.717) is 17.0 Å². The van der Waals surface area contributed by atoms with Crippen LogP contribution in [0.5, 0.6) is 0 Å². The van der Waals surface area contributed by atoms with E-state index >= 15 is 0 Å². The summed E-state index contributed by atoms with van der Waals surface area (Å²) in [5.74, 6) is 0.488. The van der Waals surface area contributed by atoms with Crippen molar-refractivity contribution in [3.8, 4) is 33.7 Å². The van der Waals surface area contributed by atoms with Gasteiger partial charge in [-0.2, -0.15) is 22.8 Å². The van der Waals surface area contributed by atoms with Gasteiger partial charge in [0, 0.05) is 35.3 Å². The second-order valence-corrected chi connectivity index (χ2v) is 8.31. The molecule has 6 rings (SSSR count). The molecular weight excluding hydrogens is 499 g/mol. The highest BCUT2D eigenvalue weighted by molar-refractivity contribution is 5.91.